The smallest absolute Gasteiger partial charge is 0.324 e. The lowest BCUT2D eigenvalue weighted by atomic mass is 10.2. The maximum atomic E-state index is 11.7. The van der Waals surface area contributed by atoms with Gasteiger partial charge in [0.05, 0.1) is 26.2 Å². The Labute approximate surface area is 123 Å². The summed E-state index contributed by atoms with van der Waals surface area (Å²) in [7, 11) is 3.22. The van der Waals surface area contributed by atoms with Crippen LogP contribution in [0.1, 0.15) is 17.9 Å². The number of benzene rings is 1. The lowest BCUT2D eigenvalue weighted by Crippen LogP contribution is -2.35. The first kappa shape index (κ1) is 15.0. The van der Waals surface area contributed by atoms with E-state index in [9.17, 15) is 4.79 Å². The molecule has 0 aliphatic carbocycles. The van der Waals surface area contributed by atoms with E-state index in [0.717, 1.165) is 5.56 Å². The van der Waals surface area contributed by atoms with Crippen LogP contribution in [0.25, 0.3) is 0 Å². The number of carbonyl (C=O) groups excluding carboxylic acids is 1. The summed E-state index contributed by atoms with van der Waals surface area (Å²) in [5.74, 6) is 1.90. The van der Waals surface area contributed by atoms with Gasteiger partial charge in [-0.25, -0.2) is 0 Å². The first-order chi connectivity index (χ1) is 9.69. The minimum absolute atomic E-state index is 0.0595. The van der Waals surface area contributed by atoms with Gasteiger partial charge in [-0.1, -0.05) is 6.07 Å². The summed E-state index contributed by atoms with van der Waals surface area (Å²) >= 11 is 1.68. The number of hydrogen-bond donors (Lipinski definition) is 1. The molecule has 0 saturated carbocycles. The van der Waals surface area contributed by atoms with Crippen molar-refractivity contribution in [1.29, 1.82) is 0 Å². The summed E-state index contributed by atoms with van der Waals surface area (Å²) in [5.41, 5.74) is 1.06. The van der Waals surface area contributed by atoms with Crippen molar-refractivity contribution in [3.8, 4) is 11.5 Å². The highest BCUT2D eigenvalue weighted by atomic mass is 32.2. The largest absolute Gasteiger partial charge is 0.493 e. The summed E-state index contributed by atoms with van der Waals surface area (Å²) < 4.78 is 15.5. The van der Waals surface area contributed by atoms with Crippen LogP contribution in [0, 0.1) is 0 Å². The normalized spacial score (nSPS) is 21.6. The fraction of sp³-hybridized carbons (Fsp3) is 0.500. The van der Waals surface area contributed by atoms with Crippen LogP contribution in [0.2, 0.25) is 0 Å². The third kappa shape index (κ3) is 3.19. The lowest BCUT2D eigenvalue weighted by Gasteiger charge is -2.15. The number of nitrogens with one attached hydrogen (secondary N) is 1. The third-order valence-electron chi connectivity index (χ3n) is 3.06. The van der Waals surface area contributed by atoms with Crippen LogP contribution in [0.5, 0.6) is 11.5 Å². The predicted molar refractivity (Wildman–Crippen MR) is 78.3 cm³/mol. The molecule has 1 aliphatic rings. The number of esters is 1. The molecule has 1 N–H and O–H groups in total. The minimum Gasteiger partial charge on any atom is -0.493 e. The van der Waals surface area contributed by atoms with Crippen LogP contribution in [0.15, 0.2) is 18.2 Å². The van der Waals surface area contributed by atoms with Gasteiger partial charge >= 0.3 is 5.97 Å². The second kappa shape index (κ2) is 6.85. The topological polar surface area (TPSA) is 56.8 Å². The van der Waals surface area contributed by atoms with Gasteiger partial charge in [-0.05, 0) is 24.6 Å². The van der Waals surface area contributed by atoms with E-state index in [1.165, 1.54) is 0 Å². The van der Waals surface area contributed by atoms with E-state index in [1.807, 2.05) is 25.1 Å². The summed E-state index contributed by atoms with van der Waals surface area (Å²) in [6, 6.07) is 5.52. The molecule has 5 nitrogen and oxygen atoms in total. The molecule has 1 fully saturated rings. The maximum absolute atomic E-state index is 11.7. The number of ether oxygens (including phenoxy) is 3. The second-order valence-electron chi connectivity index (χ2n) is 4.30. The molecule has 2 rings (SSSR count). The van der Waals surface area contributed by atoms with Gasteiger partial charge in [-0.15, -0.1) is 11.8 Å². The van der Waals surface area contributed by atoms with Crippen molar-refractivity contribution in [3.05, 3.63) is 23.8 Å². The zero-order chi connectivity index (χ0) is 14.5. The van der Waals surface area contributed by atoms with E-state index < -0.39 is 0 Å². The number of thioether (sulfide) groups is 1. The van der Waals surface area contributed by atoms with Crippen LogP contribution >= 0.6 is 11.8 Å². The highest BCUT2D eigenvalue weighted by Crippen LogP contribution is 2.37. The summed E-state index contributed by atoms with van der Waals surface area (Å²) in [6.07, 6.45) is 0. The summed E-state index contributed by atoms with van der Waals surface area (Å²) in [6.45, 7) is 2.22. The molecule has 6 heteroatoms. The molecule has 0 aromatic heterocycles. The molecule has 0 radical (unpaired) electrons. The van der Waals surface area contributed by atoms with E-state index >= 15 is 0 Å². The molecule has 1 heterocycles. The maximum Gasteiger partial charge on any atom is 0.324 e. The molecule has 1 unspecified atom stereocenters. The van der Waals surface area contributed by atoms with Crippen molar-refractivity contribution in [2.75, 3.05) is 26.6 Å². The molecule has 110 valence electrons. The Kier molecular flexibility index (Phi) is 5.14. The monoisotopic (exact) mass is 297 g/mol. The molecule has 20 heavy (non-hydrogen) atoms. The van der Waals surface area contributed by atoms with Gasteiger partial charge in [0, 0.05) is 5.75 Å². The second-order valence-corrected chi connectivity index (χ2v) is 5.44. The predicted octanol–water partition coefficient (Wildman–Crippen LogP) is 1.97. The Hall–Kier alpha value is -1.40. The SMILES string of the molecule is CCOC(=O)[C@@H]1CSC(c2ccc(OC)c(OC)c2)N1. The molecule has 1 saturated heterocycles. The Bertz CT molecular complexity index is 480. The molecule has 2 atom stereocenters. The minimum atomic E-state index is -0.252. The highest BCUT2D eigenvalue weighted by Gasteiger charge is 2.31. The first-order valence-electron chi connectivity index (χ1n) is 6.45. The number of carbonyl (C=O) groups is 1. The number of methoxy groups -OCH3 is 2. The average molecular weight is 297 g/mol. The molecule has 1 aromatic rings. The standard InChI is InChI=1S/C14H19NO4S/c1-4-19-14(16)10-8-20-13(15-10)9-5-6-11(17-2)12(7-9)18-3/h5-7,10,13,15H,4,8H2,1-3H3/t10-,13?/m0/s1. The van der Waals surface area contributed by atoms with Gasteiger partial charge < -0.3 is 14.2 Å². The Morgan fingerprint density at radius 2 is 2.10 bits per heavy atom. The van der Waals surface area contributed by atoms with Crippen molar-refractivity contribution in [2.45, 2.75) is 18.3 Å². The van der Waals surface area contributed by atoms with E-state index in [4.69, 9.17) is 14.2 Å². The molecule has 1 aliphatic heterocycles. The van der Waals surface area contributed by atoms with Gasteiger partial charge in [-0.3, -0.25) is 10.1 Å². The van der Waals surface area contributed by atoms with Gasteiger partial charge in [-0.2, -0.15) is 0 Å². The van der Waals surface area contributed by atoms with Gasteiger partial charge in [0.25, 0.3) is 0 Å². The van der Waals surface area contributed by atoms with Crippen molar-refractivity contribution in [2.24, 2.45) is 0 Å². The Morgan fingerprint density at radius 3 is 2.75 bits per heavy atom. The van der Waals surface area contributed by atoms with Crippen LogP contribution in [0.3, 0.4) is 0 Å². The molecular weight excluding hydrogens is 278 g/mol. The quantitative estimate of drug-likeness (QED) is 0.839. The highest BCUT2D eigenvalue weighted by molar-refractivity contribution is 7.99. The number of hydrogen-bond acceptors (Lipinski definition) is 6. The van der Waals surface area contributed by atoms with Crippen molar-refractivity contribution in [3.63, 3.8) is 0 Å². The molecular formula is C14H19NO4S. The molecule has 0 bridgehead atoms. The van der Waals surface area contributed by atoms with Gasteiger partial charge in [0.1, 0.15) is 6.04 Å². The van der Waals surface area contributed by atoms with Crippen LogP contribution in [-0.2, 0) is 9.53 Å². The van der Waals surface area contributed by atoms with E-state index in [2.05, 4.69) is 5.32 Å². The summed E-state index contributed by atoms with van der Waals surface area (Å²) in [5, 5.41) is 3.33. The van der Waals surface area contributed by atoms with Crippen molar-refractivity contribution >= 4 is 17.7 Å². The van der Waals surface area contributed by atoms with Crippen LogP contribution < -0.4 is 14.8 Å². The zero-order valence-electron chi connectivity index (χ0n) is 11.8. The van der Waals surface area contributed by atoms with Crippen molar-refractivity contribution < 1.29 is 19.0 Å². The number of rotatable bonds is 5. The Morgan fingerprint density at radius 1 is 1.35 bits per heavy atom. The first-order valence-corrected chi connectivity index (χ1v) is 7.50. The zero-order valence-corrected chi connectivity index (χ0v) is 12.7. The Balaban J connectivity index is 2.08. The van der Waals surface area contributed by atoms with E-state index in [0.29, 0.717) is 23.9 Å². The van der Waals surface area contributed by atoms with Gasteiger partial charge in [0.15, 0.2) is 11.5 Å². The average Bonchev–Trinajstić information content (AvgIpc) is 2.96. The third-order valence-corrected chi connectivity index (χ3v) is 4.33. The van der Waals surface area contributed by atoms with Crippen molar-refractivity contribution in [1.82, 2.24) is 5.32 Å². The lowest BCUT2D eigenvalue weighted by molar-refractivity contribution is -0.144. The summed E-state index contributed by atoms with van der Waals surface area (Å²) in [4.78, 5) is 11.7. The van der Waals surface area contributed by atoms with Crippen LogP contribution in [-0.4, -0.2) is 38.6 Å². The van der Waals surface area contributed by atoms with Crippen LogP contribution in [0.4, 0.5) is 0 Å². The fourth-order valence-corrected chi connectivity index (χ4v) is 3.28. The molecule has 0 amide bonds. The van der Waals surface area contributed by atoms with E-state index in [1.54, 1.807) is 26.0 Å². The molecule has 0 spiro atoms. The van der Waals surface area contributed by atoms with E-state index in [-0.39, 0.29) is 17.4 Å². The van der Waals surface area contributed by atoms with Gasteiger partial charge in [0.2, 0.25) is 0 Å². The fourth-order valence-electron chi connectivity index (χ4n) is 2.06. The molecule has 1 aromatic carbocycles.